The Labute approximate surface area is 129 Å². The zero-order chi connectivity index (χ0) is 14.8. The Balaban J connectivity index is 2.21. The fourth-order valence-electron chi connectivity index (χ4n) is 2.44. The van der Waals surface area contributed by atoms with E-state index in [1.54, 1.807) is 0 Å². The lowest BCUT2D eigenvalue weighted by Crippen LogP contribution is -2.02. The van der Waals surface area contributed by atoms with Crippen LogP contribution in [-0.4, -0.2) is 9.55 Å². The van der Waals surface area contributed by atoms with E-state index in [0.29, 0.717) is 10.8 Å². The molecule has 1 heterocycles. The average molecular weight is 298 g/mol. The van der Waals surface area contributed by atoms with Crippen LogP contribution in [0.4, 0.5) is 5.82 Å². The topological polar surface area (TPSA) is 43.8 Å². The number of nitrogens with zero attached hydrogens (tertiary/aromatic N) is 2. The van der Waals surface area contributed by atoms with E-state index in [1.807, 2.05) is 59.2 Å². The molecule has 3 aromatic rings. The second-order valence-electron chi connectivity index (χ2n) is 4.76. The van der Waals surface area contributed by atoms with Crippen molar-refractivity contribution in [2.75, 3.05) is 5.73 Å². The van der Waals surface area contributed by atoms with Gasteiger partial charge in [0.1, 0.15) is 17.3 Å². The van der Waals surface area contributed by atoms with Crippen molar-refractivity contribution in [1.29, 1.82) is 0 Å². The van der Waals surface area contributed by atoms with E-state index in [4.69, 9.17) is 22.3 Å². The first-order valence-corrected chi connectivity index (χ1v) is 7.26. The molecule has 0 saturated heterocycles. The number of benzene rings is 2. The maximum atomic E-state index is 6.29. The van der Waals surface area contributed by atoms with Gasteiger partial charge in [0.15, 0.2) is 0 Å². The molecule has 0 atom stereocenters. The fraction of sp³-hybridized carbons (Fsp3) is 0.118. The van der Waals surface area contributed by atoms with Gasteiger partial charge in [-0.1, -0.05) is 60.1 Å². The molecule has 0 aliphatic rings. The van der Waals surface area contributed by atoms with Gasteiger partial charge in [-0.05, 0) is 13.0 Å². The van der Waals surface area contributed by atoms with Crippen molar-refractivity contribution in [3.63, 3.8) is 0 Å². The Morgan fingerprint density at radius 3 is 2.38 bits per heavy atom. The molecule has 2 N–H and O–H groups in total. The van der Waals surface area contributed by atoms with Crippen LogP contribution in [0, 0.1) is 0 Å². The summed E-state index contributed by atoms with van der Waals surface area (Å²) < 4.78 is 2.01. The maximum Gasteiger partial charge on any atom is 0.142 e. The largest absolute Gasteiger partial charge is 0.383 e. The van der Waals surface area contributed by atoms with E-state index < -0.39 is 0 Å². The van der Waals surface area contributed by atoms with E-state index >= 15 is 0 Å². The fourth-order valence-corrected chi connectivity index (χ4v) is 2.67. The summed E-state index contributed by atoms with van der Waals surface area (Å²) in [6, 6.07) is 17.7. The van der Waals surface area contributed by atoms with E-state index in [-0.39, 0.29) is 0 Å². The quantitative estimate of drug-likeness (QED) is 0.775. The third-order valence-corrected chi connectivity index (χ3v) is 3.81. The highest BCUT2D eigenvalue weighted by molar-refractivity contribution is 6.33. The number of hydrogen-bond donors (Lipinski definition) is 1. The number of rotatable bonds is 3. The summed E-state index contributed by atoms with van der Waals surface area (Å²) in [7, 11) is 0. The van der Waals surface area contributed by atoms with Crippen molar-refractivity contribution in [3.8, 4) is 22.6 Å². The minimum atomic E-state index is 0.643. The number of imidazole rings is 1. The highest BCUT2D eigenvalue weighted by atomic mass is 35.5. The summed E-state index contributed by atoms with van der Waals surface area (Å²) in [5.41, 5.74) is 8.94. The Hall–Kier alpha value is -2.26. The molecule has 0 aliphatic heterocycles. The van der Waals surface area contributed by atoms with Crippen LogP contribution in [-0.2, 0) is 6.54 Å². The molecule has 0 spiro atoms. The third kappa shape index (κ3) is 2.41. The highest BCUT2D eigenvalue weighted by Gasteiger charge is 2.17. The Kier molecular flexibility index (Phi) is 3.67. The number of nitrogens with two attached hydrogens (primary N) is 1. The van der Waals surface area contributed by atoms with Crippen molar-refractivity contribution in [2.24, 2.45) is 0 Å². The number of anilines is 1. The van der Waals surface area contributed by atoms with E-state index in [0.717, 1.165) is 29.2 Å². The standard InChI is InChI=1S/C17H16ClN3/c1-2-21-16(19)15(13-10-6-7-11-14(13)18)20-17(21)12-8-4-3-5-9-12/h3-11H,2,19H2,1H3. The molecule has 106 valence electrons. The number of hydrogen-bond acceptors (Lipinski definition) is 2. The molecule has 4 heteroatoms. The first-order chi connectivity index (χ1) is 10.2. The predicted molar refractivity (Wildman–Crippen MR) is 88.2 cm³/mol. The minimum absolute atomic E-state index is 0.643. The summed E-state index contributed by atoms with van der Waals surface area (Å²) in [6.45, 7) is 2.81. The van der Waals surface area contributed by atoms with Gasteiger partial charge in [0.05, 0.1) is 5.02 Å². The molecular formula is C17H16ClN3. The minimum Gasteiger partial charge on any atom is -0.383 e. The molecule has 3 nitrogen and oxygen atoms in total. The Morgan fingerprint density at radius 1 is 1.05 bits per heavy atom. The monoisotopic (exact) mass is 297 g/mol. The van der Waals surface area contributed by atoms with E-state index in [1.165, 1.54) is 0 Å². The van der Waals surface area contributed by atoms with Crippen molar-refractivity contribution in [2.45, 2.75) is 13.5 Å². The van der Waals surface area contributed by atoms with Gasteiger partial charge < -0.3 is 10.3 Å². The van der Waals surface area contributed by atoms with Crippen molar-refractivity contribution in [3.05, 3.63) is 59.6 Å². The molecular weight excluding hydrogens is 282 g/mol. The van der Waals surface area contributed by atoms with Gasteiger partial charge in [-0.2, -0.15) is 0 Å². The van der Waals surface area contributed by atoms with Crippen molar-refractivity contribution < 1.29 is 0 Å². The van der Waals surface area contributed by atoms with Gasteiger partial charge in [0, 0.05) is 17.7 Å². The Bertz CT molecular complexity index is 763. The average Bonchev–Trinajstić information content (AvgIpc) is 2.85. The SMILES string of the molecule is CCn1c(-c2ccccc2)nc(-c2ccccc2Cl)c1N. The van der Waals surface area contributed by atoms with Crippen molar-refractivity contribution >= 4 is 17.4 Å². The smallest absolute Gasteiger partial charge is 0.142 e. The molecule has 0 saturated carbocycles. The van der Waals surface area contributed by atoms with Crippen LogP contribution in [0.2, 0.25) is 5.02 Å². The van der Waals surface area contributed by atoms with Gasteiger partial charge in [-0.3, -0.25) is 0 Å². The van der Waals surface area contributed by atoms with Crippen LogP contribution in [0.5, 0.6) is 0 Å². The predicted octanol–water partition coefficient (Wildman–Crippen LogP) is 4.47. The van der Waals surface area contributed by atoms with Crippen LogP contribution >= 0.6 is 11.6 Å². The molecule has 2 aromatic carbocycles. The van der Waals surface area contributed by atoms with Crippen LogP contribution in [0.1, 0.15) is 6.92 Å². The lowest BCUT2D eigenvalue weighted by molar-refractivity contribution is 0.781. The molecule has 0 bridgehead atoms. The first kappa shape index (κ1) is 13.7. The summed E-state index contributed by atoms with van der Waals surface area (Å²) in [5.74, 6) is 1.51. The summed E-state index contributed by atoms with van der Waals surface area (Å²) in [6.07, 6.45) is 0. The molecule has 0 fully saturated rings. The van der Waals surface area contributed by atoms with Crippen LogP contribution in [0.25, 0.3) is 22.6 Å². The lowest BCUT2D eigenvalue weighted by Gasteiger charge is -2.06. The van der Waals surface area contributed by atoms with Crippen LogP contribution < -0.4 is 5.73 Å². The second kappa shape index (κ2) is 5.62. The highest BCUT2D eigenvalue weighted by Crippen LogP contribution is 2.34. The normalized spacial score (nSPS) is 10.8. The molecule has 1 aromatic heterocycles. The summed E-state index contributed by atoms with van der Waals surface area (Å²) in [5, 5.41) is 0.657. The zero-order valence-electron chi connectivity index (χ0n) is 11.8. The number of aromatic nitrogens is 2. The summed E-state index contributed by atoms with van der Waals surface area (Å²) in [4.78, 5) is 4.74. The lowest BCUT2D eigenvalue weighted by atomic mass is 10.1. The Morgan fingerprint density at radius 2 is 1.71 bits per heavy atom. The number of halogens is 1. The molecule has 0 amide bonds. The van der Waals surface area contributed by atoms with Gasteiger partial charge in [0.2, 0.25) is 0 Å². The van der Waals surface area contributed by atoms with Crippen LogP contribution in [0.15, 0.2) is 54.6 Å². The number of nitrogen functional groups attached to an aromatic ring is 1. The van der Waals surface area contributed by atoms with E-state index in [9.17, 15) is 0 Å². The molecule has 0 radical (unpaired) electrons. The maximum absolute atomic E-state index is 6.29. The molecule has 0 aliphatic carbocycles. The van der Waals surface area contributed by atoms with Gasteiger partial charge >= 0.3 is 0 Å². The van der Waals surface area contributed by atoms with Gasteiger partial charge in [-0.15, -0.1) is 0 Å². The first-order valence-electron chi connectivity index (χ1n) is 6.88. The molecule has 21 heavy (non-hydrogen) atoms. The summed E-state index contributed by atoms with van der Waals surface area (Å²) >= 11 is 6.28. The zero-order valence-corrected chi connectivity index (χ0v) is 12.5. The second-order valence-corrected chi connectivity index (χ2v) is 5.17. The van der Waals surface area contributed by atoms with Crippen LogP contribution in [0.3, 0.4) is 0 Å². The van der Waals surface area contributed by atoms with Gasteiger partial charge in [-0.25, -0.2) is 4.98 Å². The van der Waals surface area contributed by atoms with E-state index in [2.05, 4.69) is 6.92 Å². The molecule has 0 unspecified atom stereocenters. The third-order valence-electron chi connectivity index (χ3n) is 3.48. The molecule has 3 rings (SSSR count). The van der Waals surface area contributed by atoms with Gasteiger partial charge in [0.25, 0.3) is 0 Å². The van der Waals surface area contributed by atoms with Crippen molar-refractivity contribution in [1.82, 2.24) is 9.55 Å².